The molecular weight excluding hydrogens is 324 g/mol. The van der Waals surface area contributed by atoms with Crippen molar-refractivity contribution in [3.05, 3.63) is 64.8 Å². The van der Waals surface area contributed by atoms with Crippen molar-refractivity contribution in [2.24, 2.45) is 0 Å². The summed E-state index contributed by atoms with van der Waals surface area (Å²) in [4.78, 5) is 24.7. The fraction of sp³-hybridized carbons (Fsp3) is 0.176. The second-order valence-corrected chi connectivity index (χ2v) is 6.24. The summed E-state index contributed by atoms with van der Waals surface area (Å²) < 4.78 is 1.59. The largest absolute Gasteiger partial charge is 0.317 e. The normalized spacial score (nSPS) is 10.5. The first-order valence-corrected chi connectivity index (χ1v) is 8.34. The summed E-state index contributed by atoms with van der Waals surface area (Å²) >= 11 is 1.34. The number of benzene rings is 1. The summed E-state index contributed by atoms with van der Waals surface area (Å²) in [6, 6.07) is 9.13. The third kappa shape index (κ3) is 3.75. The number of ketones is 1. The molecular formula is C17H16N4O2S. The van der Waals surface area contributed by atoms with E-state index in [0.717, 1.165) is 5.56 Å². The average molecular weight is 340 g/mol. The number of nitrogens with zero attached hydrogens (tertiary/aromatic N) is 3. The van der Waals surface area contributed by atoms with E-state index in [9.17, 15) is 9.59 Å². The van der Waals surface area contributed by atoms with Crippen LogP contribution in [0.3, 0.4) is 0 Å². The molecule has 3 rings (SSSR count). The lowest BCUT2D eigenvalue weighted by Crippen LogP contribution is -2.16. The summed E-state index contributed by atoms with van der Waals surface area (Å²) in [5.74, 6) is -0.256. The molecule has 0 spiro atoms. The van der Waals surface area contributed by atoms with Gasteiger partial charge in [0.1, 0.15) is 5.00 Å². The van der Waals surface area contributed by atoms with E-state index in [1.54, 1.807) is 40.7 Å². The standard InChI is InChI=1S/C17H16N4O2S/c1-12-2-4-13(5-3-12)16(23)14-7-11-24-17(14)19-15(22)6-9-21-10-8-18-20-21/h2-5,7-8,10-11H,6,9H2,1H3,(H,19,22). The predicted molar refractivity (Wildman–Crippen MR) is 92.2 cm³/mol. The van der Waals surface area contributed by atoms with Crippen molar-refractivity contribution in [2.75, 3.05) is 5.32 Å². The van der Waals surface area contributed by atoms with E-state index >= 15 is 0 Å². The Bertz CT molecular complexity index is 838. The molecule has 1 amide bonds. The van der Waals surface area contributed by atoms with Crippen LogP contribution in [0.2, 0.25) is 0 Å². The third-order valence-corrected chi connectivity index (χ3v) is 4.35. The van der Waals surface area contributed by atoms with Crippen LogP contribution in [0.4, 0.5) is 5.00 Å². The number of hydrogen-bond acceptors (Lipinski definition) is 5. The molecule has 0 bridgehead atoms. The molecule has 0 fully saturated rings. The monoisotopic (exact) mass is 340 g/mol. The van der Waals surface area contributed by atoms with Crippen LogP contribution in [0.1, 0.15) is 27.9 Å². The molecule has 7 heteroatoms. The Morgan fingerprint density at radius 1 is 1.21 bits per heavy atom. The second kappa shape index (κ2) is 7.18. The molecule has 6 nitrogen and oxygen atoms in total. The first-order valence-electron chi connectivity index (χ1n) is 7.46. The Hall–Kier alpha value is -2.80. The topological polar surface area (TPSA) is 76.9 Å². The van der Waals surface area contributed by atoms with Gasteiger partial charge in [0.05, 0.1) is 18.3 Å². The molecule has 3 aromatic rings. The van der Waals surface area contributed by atoms with Crippen LogP contribution in [-0.2, 0) is 11.3 Å². The highest BCUT2D eigenvalue weighted by Crippen LogP contribution is 2.26. The number of carbonyl (C=O) groups excluding carboxylic acids is 2. The zero-order chi connectivity index (χ0) is 16.9. The molecule has 0 aliphatic heterocycles. The quantitative estimate of drug-likeness (QED) is 0.700. The lowest BCUT2D eigenvalue weighted by atomic mass is 10.0. The minimum atomic E-state index is -0.161. The van der Waals surface area contributed by atoms with Gasteiger partial charge in [0.2, 0.25) is 5.91 Å². The van der Waals surface area contributed by atoms with Gasteiger partial charge < -0.3 is 5.32 Å². The molecule has 24 heavy (non-hydrogen) atoms. The maximum absolute atomic E-state index is 12.6. The van der Waals surface area contributed by atoms with E-state index in [1.165, 1.54) is 11.3 Å². The molecule has 0 saturated carbocycles. The van der Waals surface area contributed by atoms with E-state index in [-0.39, 0.29) is 18.1 Å². The molecule has 2 heterocycles. The average Bonchev–Trinajstić information content (AvgIpc) is 3.24. The number of rotatable bonds is 6. The van der Waals surface area contributed by atoms with Crippen molar-refractivity contribution in [1.82, 2.24) is 15.0 Å². The van der Waals surface area contributed by atoms with Gasteiger partial charge in [0.25, 0.3) is 0 Å². The van der Waals surface area contributed by atoms with Gasteiger partial charge in [-0.1, -0.05) is 35.0 Å². The maximum Gasteiger partial charge on any atom is 0.226 e. The number of carbonyl (C=O) groups is 2. The fourth-order valence-corrected chi connectivity index (χ4v) is 3.00. The summed E-state index contributed by atoms with van der Waals surface area (Å²) in [7, 11) is 0. The molecule has 1 aromatic carbocycles. The van der Waals surface area contributed by atoms with Gasteiger partial charge in [-0.25, -0.2) is 0 Å². The lowest BCUT2D eigenvalue weighted by molar-refractivity contribution is -0.116. The first-order chi connectivity index (χ1) is 11.6. The Morgan fingerprint density at radius 3 is 2.71 bits per heavy atom. The van der Waals surface area contributed by atoms with Gasteiger partial charge >= 0.3 is 0 Å². The van der Waals surface area contributed by atoms with E-state index in [2.05, 4.69) is 15.6 Å². The molecule has 122 valence electrons. The van der Waals surface area contributed by atoms with Crippen LogP contribution in [0.25, 0.3) is 0 Å². The molecule has 0 unspecified atom stereocenters. The molecule has 0 aliphatic carbocycles. The van der Waals surface area contributed by atoms with Crippen molar-refractivity contribution in [3.63, 3.8) is 0 Å². The van der Waals surface area contributed by atoms with Gasteiger partial charge in [-0.3, -0.25) is 14.3 Å². The van der Waals surface area contributed by atoms with Crippen LogP contribution < -0.4 is 5.32 Å². The molecule has 0 atom stereocenters. The molecule has 0 radical (unpaired) electrons. The highest BCUT2D eigenvalue weighted by atomic mass is 32.1. The number of anilines is 1. The lowest BCUT2D eigenvalue weighted by Gasteiger charge is -2.06. The van der Waals surface area contributed by atoms with Crippen LogP contribution in [0.15, 0.2) is 48.1 Å². The van der Waals surface area contributed by atoms with Crippen LogP contribution >= 0.6 is 11.3 Å². The third-order valence-electron chi connectivity index (χ3n) is 3.52. The van der Waals surface area contributed by atoms with E-state index < -0.39 is 0 Å². The Kier molecular flexibility index (Phi) is 4.81. The predicted octanol–water partition coefficient (Wildman–Crippen LogP) is 2.91. The first kappa shape index (κ1) is 16.1. The molecule has 0 aliphatic rings. The van der Waals surface area contributed by atoms with E-state index in [4.69, 9.17) is 0 Å². The Labute approximate surface area is 143 Å². The number of amides is 1. The highest BCUT2D eigenvalue weighted by molar-refractivity contribution is 7.14. The Balaban J connectivity index is 1.67. The van der Waals surface area contributed by atoms with Gasteiger partial charge in [0, 0.05) is 18.2 Å². The summed E-state index contributed by atoms with van der Waals surface area (Å²) in [5, 5.41) is 12.7. The Morgan fingerprint density at radius 2 is 2.00 bits per heavy atom. The SMILES string of the molecule is Cc1ccc(C(=O)c2ccsc2NC(=O)CCn2ccnn2)cc1. The van der Waals surface area contributed by atoms with E-state index in [1.807, 2.05) is 19.1 Å². The zero-order valence-corrected chi connectivity index (χ0v) is 13.9. The van der Waals surface area contributed by atoms with E-state index in [0.29, 0.717) is 22.7 Å². The van der Waals surface area contributed by atoms with Gasteiger partial charge in [-0.05, 0) is 18.4 Å². The van der Waals surface area contributed by atoms with Crippen LogP contribution in [0.5, 0.6) is 0 Å². The minimum Gasteiger partial charge on any atom is -0.317 e. The summed E-state index contributed by atoms with van der Waals surface area (Å²) in [6.07, 6.45) is 3.53. The van der Waals surface area contributed by atoms with Crippen molar-refractivity contribution >= 4 is 28.0 Å². The summed E-state index contributed by atoms with van der Waals surface area (Å²) in [6.45, 7) is 2.41. The number of aromatic nitrogens is 3. The smallest absolute Gasteiger partial charge is 0.226 e. The number of aryl methyl sites for hydroxylation is 2. The van der Waals surface area contributed by atoms with Gasteiger partial charge in [-0.15, -0.1) is 16.4 Å². The minimum absolute atomic E-state index is 0.0946. The van der Waals surface area contributed by atoms with Crippen molar-refractivity contribution in [2.45, 2.75) is 19.9 Å². The number of thiophene rings is 1. The zero-order valence-electron chi connectivity index (χ0n) is 13.1. The van der Waals surface area contributed by atoms with Crippen LogP contribution in [-0.4, -0.2) is 26.7 Å². The fourth-order valence-electron chi connectivity index (χ4n) is 2.20. The number of nitrogens with one attached hydrogen (secondary N) is 1. The van der Waals surface area contributed by atoms with Crippen molar-refractivity contribution in [1.29, 1.82) is 0 Å². The second-order valence-electron chi connectivity index (χ2n) is 5.32. The molecule has 0 saturated heterocycles. The van der Waals surface area contributed by atoms with Gasteiger partial charge in [-0.2, -0.15) is 0 Å². The van der Waals surface area contributed by atoms with Crippen molar-refractivity contribution in [3.8, 4) is 0 Å². The number of hydrogen-bond donors (Lipinski definition) is 1. The molecule has 2 aromatic heterocycles. The summed E-state index contributed by atoms with van der Waals surface area (Å²) in [5.41, 5.74) is 2.22. The van der Waals surface area contributed by atoms with Gasteiger partial charge in [0.15, 0.2) is 5.78 Å². The highest BCUT2D eigenvalue weighted by Gasteiger charge is 2.16. The van der Waals surface area contributed by atoms with Crippen LogP contribution in [0, 0.1) is 6.92 Å². The maximum atomic E-state index is 12.6. The van der Waals surface area contributed by atoms with Crippen molar-refractivity contribution < 1.29 is 9.59 Å². The molecule has 1 N–H and O–H groups in total.